The van der Waals surface area contributed by atoms with Crippen LogP contribution in [-0.4, -0.2) is 5.78 Å². The molecule has 78 valence electrons. The zero-order valence-corrected chi connectivity index (χ0v) is 7.64. The van der Waals surface area contributed by atoms with Crippen LogP contribution in [0.1, 0.15) is 22.3 Å². The highest BCUT2D eigenvalue weighted by Crippen LogP contribution is 2.29. The van der Waals surface area contributed by atoms with Crippen molar-refractivity contribution in [3.63, 3.8) is 0 Å². The van der Waals surface area contributed by atoms with E-state index in [1.54, 1.807) is 0 Å². The van der Waals surface area contributed by atoms with Crippen molar-refractivity contribution in [2.75, 3.05) is 0 Å². The summed E-state index contributed by atoms with van der Waals surface area (Å²) in [5.74, 6) is 1.78. The number of alkyl halides is 3. The van der Waals surface area contributed by atoms with E-state index in [4.69, 9.17) is 6.42 Å². The molecular formula is C11H7F3O. The van der Waals surface area contributed by atoms with Crippen molar-refractivity contribution in [2.45, 2.75) is 12.6 Å². The van der Waals surface area contributed by atoms with Crippen LogP contribution in [-0.2, 0) is 6.18 Å². The topological polar surface area (TPSA) is 17.1 Å². The third-order valence-corrected chi connectivity index (χ3v) is 1.80. The Morgan fingerprint density at radius 1 is 1.27 bits per heavy atom. The highest BCUT2D eigenvalue weighted by Gasteiger charge is 2.30. The number of hydrogen-bond acceptors (Lipinski definition) is 1. The summed E-state index contributed by atoms with van der Waals surface area (Å²) in [5, 5.41) is 0. The molecule has 0 aromatic heterocycles. The predicted octanol–water partition coefficient (Wildman–Crippen LogP) is 2.91. The van der Waals surface area contributed by atoms with Crippen LogP contribution in [0.4, 0.5) is 13.2 Å². The van der Waals surface area contributed by atoms with Gasteiger partial charge in [0, 0.05) is 5.56 Å². The molecule has 15 heavy (non-hydrogen) atoms. The van der Waals surface area contributed by atoms with Crippen molar-refractivity contribution in [1.82, 2.24) is 0 Å². The van der Waals surface area contributed by atoms with Gasteiger partial charge in [-0.25, -0.2) is 0 Å². The minimum absolute atomic E-state index is 0.106. The summed E-state index contributed by atoms with van der Waals surface area (Å²) in [6.45, 7) is 0. The molecule has 0 amide bonds. The zero-order chi connectivity index (χ0) is 11.5. The zero-order valence-electron chi connectivity index (χ0n) is 7.64. The molecular weight excluding hydrogens is 205 g/mol. The van der Waals surface area contributed by atoms with E-state index >= 15 is 0 Å². The standard InChI is InChI=1S/C11H7F3O/c1-2-3-10(15)8-4-6-9(7-5-8)11(12,13)14/h1,4-7H,3H2. The van der Waals surface area contributed by atoms with Crippen LogP contribution in [0.15, 0.2) is 24.3 Å². The number of terminal acetylenes is 1. The summed E-state index contributed by atoms with van der Waals surface area (Å²) in [4.78, 5) is 11.2. The van der Waals surface area contributed by atoms with E-state index in [9.17, 15) is 18.0 Å². The van der Waals surface area contributed by atoms with Gasteiger partial charge in [0.15, 0.2) is 5.78 Å². The van der Waals surface area contributed by atoms with E-state index in [0.29, 0.717) is 0 Å². The Hall–Kier alpha value is -1.76. The van der Waals surface area contributed by atoms with Gasteiger partial charge < -0.3 is 0 Å². The van der Waals surface area contributed by atoms with Crippen molar-refractivity contribution in [1.29, 1.82) is 0 Å². The van der Waals surface area contributed by atoms with E-state index in [0.717, 1.165) is 24.3 Å². The van der Waals surface area contributed by atoms with E-state index in [-0.39, 0.29) is 17.8 Å². The molecule has 4 heteroatoms. The second-order valence-corrected chi connectivity index (χ2v) is 2.88. The number of benzene rings is 1. The highest BCUT2D eigenvalue weighted by molar-refractivity contribution is 5.97. The van der Waals surface area contributed by atoms with Gasteiger partial charge >= 0.3 is 6.18 Å². The largest absolute Gasteiger partial charge is 0.416 e. The first-order chi connectivity index (χ1) is 6.95. The monoisotopic (exact) mass is 212 g/mol. The van der Waals surface area contributed by atoms with Gasteiger partial charge in [0.25, 0.3) is 0 Å². The first kappa shape index (κ1) is 11.3. The van der Waals surface area contributed by atoms with Crippen LogP contribution in [0.2, 0.25) is 0 Å². The molecule has 0 aliphatic heterocycles. The first-order valence-corrected chi connectivity index (χ1v) is 4.09. The van der Waals surface area contributed by atoms with E-state index in [2.05, 4.69) is 5.92 Å². The highest BCUT2D eigenvalue weighted by atomic mass is 19.4. The predicted molar refractivity (Wildman–Crippen MR) is 49.2 cm³/mol. The van der Waals surface area contributed by atoms with Crippen LogP contribution in [0, 0.1) is 12.3 Å². The van der Waals surface area contributed by atoms with E-state index in [1.165, 1.54) is 0 Å². The van der Waals surface area contributed by atoms with Gasteiger partial charge in [-0.1, -0.05) is 18.1 Å². The molecule has 0 unspecified atom stereocenters. The minimum atomic E-state index is -4.38. The van der Waals surface area contributed by atoms with Crippen molar-refractivity contribution in [3.05, 3.63) is 35.4 Å². The number of Topliss-reactive ketones (excluding diaryl/α,β-unsaturated/α-hetero) is 1. The second-order valence-electron chi connectivity index (χ2n) is 2.88. The van der Waals surface area contributed by atoms with Crippen molar-refractivity contribution >= 4 is 5.78 Å². The number of halogens is 3. The minimum Gasteiger partial charge on any atom is -0.293 e. The van der Waals surface area contributed by atoms with Crippen LogP contribution >= 0.6 is 0 Å². The fraction of sp³-hybridized carbons (Fsp3) is 0.182. The molecule has 1 aromatic rings. The lowest BCUT2D eigenvalue weighted by Gasteiger charge is -2.06. The molecule has 0 spiro atoms. The normalized spacial score (nSPS) is 10.8. The molecule has 0 fully saturated rings. The second kappa shape index (κ2) is 4.18. The van der Waals surface area contributed by atoms with E-state index < -0.39 is 11.7 Å². The molecule has 0 atom stereocenters. The fourth-order valence-electron chi connectivity index (χ4n) is 1.04. The quantitative estimate of drug-likeness (QED) is 0.544. The molecule has 1 nitrogen and oxygen atoms in total. The number of hydrogen-bond donors (Lipinski definition) is 0. The van der Waals surface area contributed by atoms with Crippen LogP contribution in [0.25, 0.3) is 0 Å². The van der Waals surface area contributed by atoms with Crippen LogP contribution < -0.4 is 0 Å². The number of rotatable bonds is 2. The van der Waals surface area contributed by atoms with Crippen molar-refractivity contribution in [2.24, 2.45) is 0 Å². The number of carbonyl (C=O) groups excluding carboxylic acids is 1. The lowest BCUT2D eigenvalue weighted by Crippen LogP contribution is -2.05. The number of carbonyl (C=O) groups is 1. The molecule has 1 rings (SSSR count). The third kappa shape index (κ3) is 2.84. The van der Waals surface area contributed by atoms with Crippen molar-refractivity contribution < 1.29 is 18.0 Å². The molecule has 0 bridgehead atoms. The average molecular weight is 212 g/mol. The molecule has 0 radical (unpaired) electrons. The summed E-state index contributed by atoms with van der Waals surface area (Å²) >= 11 is 0. The molecule has 1 aromatic carbocycles. The van der Waals surface area contributed by atoms with Gasteiger partial charge in [-0.3, -0.25) is 4.79 Å². The summed E-state index contributed by atoms with van der Waals surface area (Å²) < 4.78 is 36.5. The maximum atomic E-state index is 12.2. The number of ketones is 1. The molecule has 0 aliphatic rings. The van der Waals surface area contributed by atoms with Gasteiger partial charge in [0.1, 0.15) is 0 Å². The third-order valence-electron chi connectivity index (χ3n) is 1.80. The first-order valence-electron chi connectivity index (χ1n) is 4.09. The maximum Gasteiger partial charge on any atom is 0.416 e. The maximum absolute atomic E-state index is 12.2. The Balaban J connectivity index is 2.92. The summed E-state index contributed by atoms with van der Waals surface area (Å²) in [6.07, 6.45) is 0.428. The molecule has 0 saturated heterocycles. The van der Waals surface area contributed by atoms with Gasteiger partial charge in [-0.05, 0) is 12.1 Å². The van der Waals surface area contributed by atoms with Crippen molar-refractivity contribution in [3.8, 4) is 12.3 Å². The van der Waals surface area contributed by atoms with Crippen LogP contribution in [0.5, 0.6) is 0 Å². The summed E-state index contributed by atoms with van der Waals surface area (Å²) in [7, 11) is 0. The van der Waals surface area contributed by atoms with Gasteiger partial charge in [0.05, 0.1) is 12.0 Å². The molecule has 0 N–H and O–H groups in total. The summed E-state index contributed by atoms with van der Waals surface area (Å²) in [5.41, 5.74) is -0.583. The molecule has 0 aliphatic carbocycles. The van der Waals surface area contributed by atoms with Crippen LogP contribution in [0.3, 0.4) is 0 Å². The summed E-state index contributed by atoms with van der Waals surface area (Å²) in [6, 6.07) is 3.98. The lowest BCUT2D eigenvalue weighted by atomic mass is 10.1. The fourth-order valence-corrected chi connectivity index (χ4v) is 1.04. The Labute approximate surface area is 84.9 Å². The van der Waals surface area contributed by atoms with Gasteiger partial charge in [-0.2, -0.15) is 13.2 Å². The average Bonchev–Trinajstić information content (AvgIpc) is 2.17. The Bertz CT molecular complexity index is 395. The Morgan fingerprint density at radius 3 is 2.20 bits per heavy atom. The Morgan fingerprint density at radius 2 is 1.80 bits per heavy atom. The van der Waals surface area contributed by atoms with Gasteiger partial charge in [0.2, 0.25) is 0 Å². The smallest absolute Gasteiger partial charge is 0.293 e. The van der Waals surface area contributed by atoms with Gasteiger partial charge in [-0.15, -0.1) is 6.42 Å². The Kier molecular flexibility index (Phi) is 3.15. The molecule has 0 heterocycles. The SMILES string of the molecule is C#CCC(=O)c1ccc(C(F)(F)F)cc1. The van der Waals surface area contributed by atoms with E-state index in [1.807, 2.05) is 0 Å². The molecule has 0 saturated carbocycles. The lowest BCUT2D eigenvalue weighted by molar-refractivity contribution is -0.137.